The maximum Gasteiger partial charge on any atom is 0.225 e. The summed E-state index contributed by atoms with van der Waals surface area (Å²) in [5.41, 5.74) is 1.30. The standard InChI is InChI=1S/C16H27N3O2.ClH/c1-2-4-15(20)19-10-3-5-14(12-19)16(21)18-11-13-6-8-17-9-7-13;/h6,14,17H,2-5,7-12H2,1H3,(H,18,21);1H. The maximum absolute atomic E-state index is 12.3. The van der Waals surface area contributed by atoms with Crippen LogP contribution in [0.25, 0.3) is 0 Å². The Bertz CT molecular complexity index is 412. The van der Waals surface area contributed by atoms with Crippen LogP contribution in [0.2, 0.25) is 0 Å². The number of nitrogens with one attached hydrogen (secondary N) is 2. The monoisotopic (exact) mass is 329 g/mol. The molecule has 1 atom stereocenters. The van der Waals surface area contributed by atoms with Crippen LogP contribution in [0.3, 0.4) is 0 Å². The number of amides is 2. The van der Waals surface area contributed by atoms with Crippen LogP contribution >= 0.6 is 12.4 Å². The van der Waals surface area contributed by atoms with Crippen molar-refractivity contribution in [3.8, 4) is 0 Å². The molecule has 0 aliphatic carbocycles. The normalized spacial score (nSPS) is 21.6. The molecule has 1 fully saturated rings. The van der Waals surface area contributed by atoms with Gasteiger partial charge in [0.15, 0.2) is 0 Å². The first-order valence-corrected chi connectivity index (χ1v) is 8.14. The van der Waals surface area contributed by atoms with Crippen LogP contribution in [0.4, 0.5) is 0 Å². The fraction of sp³-hybridized carbons (Fsp3) is 0.750. The lowest BCUT2D eigenvalue weighted by Gasteiger charge is -2.32. The number of hydrogen-bond donors (Lipinski definition) is 2. The topological polar surface area (TPSA) is 61.4 Å². The van der Waals surface area contributed by atoms with Gasteiger partial charge in [-0.15, -0.1) is 12.4 Å². The first-order valence-electron chi connectivity index (χ1n) is 8.14. The predicted molar refractivity (Wildman–Crippen MR) is 90.0 cm³/mol. The maximum atomic E-state index is 12.3. The van der Waals surface area contributed by atoms with Gasteiger partial charge in [-0.05, 0) is 32.2 Å². The van der Waals surface area contributed by atoms with Crippen molar-refractivity contribution in [2.45, 2.75) is 39.0 Å². The van der Waals surface area contributed by atoms with Crippen molar-refractivity contribution in [2.75, 3.05) is 32.7 Å². The first-order chi connectivity index (χ1) is 10.2. The molecule has 126 valence electrons. The summed E-state index contributed by atoms with van der Waals surface area (Å²) in [4.78, 5) is 26.1. The summed E-state index contributed by atoms with van der Waals surface area (Å²) in [6, 6.07) is 0. The fourth-order valence-electron chi connectivity index (χ4n) is 2.96. The third-order valence-corrected chi connectivity index (χ3v) is 4.26. The average Bonchev–Trinajstić information content (AvgIpc) is 2.54. The second-order valence-corrected chi connectivity index (χ2v) is 5.96. The highest BCUT2D eigenvalue weighted by molar-refractivity contribution is 5.85. The summed E-state index contributed by atoms with van der Waals surface area (Å²) < 4.78 is 0. The highest BCUT2D eigenvalue weighted by Gasteiger charge is 2.27. The summed E-state index contributed by atoms with van der Waals surface area (Å²) in [5, 5.41) is 6.30. The quantitative estimate of drug-likeness (QED) is 0.751. The third-order valence-electron chi connectivity index (χ3n) is 4.26. The van der Waals surface area contributed by atoms with Crippen LogP contribution in [0.5, 0.6) is 0 Å². The molecule has 0 saturated carbocycles. The van der Waals surface area contributed by atoms with Crippen molar-refractivity contribution in [2.24, 2.45) is 5.92 Å². The zero-order chi connectivity index (χ0) is 15.1. The molecule has 2 aliphatic rings. The lowest BCUT2D eigenvalue weighted by atomic mass is 9.96. The molecule has 0 aromatic carbocycles. The molecule has 5 nitrogen and oxygen atoms in total. The Hall–Kier alpha value is -1.07. The van der Waals surface area contributed by atoms with Gasteiger partial charge in [0.1, 0.15) is 0 Å². The van der Waals surface area contributed by atoms with Crippen LogP contribution in [-0.2, 0) is 9.59 Å². The van der Waals surface area contributed by atoms with Crippen molar-refractivity contribution >= 4 is 24.2 Å². The number of piperidine rings is 1. The van der Waals surface area contributed by atoms with Crippen molar-refractivity contribution in [1.29, 1.82) is 0 Å². The molecule has 0 bridgehead atoms. The Morgan fingerprint density at radius 2 is 2.27 bits per heavy atom. The molecule has 6 heteroatoms. The average molecular weight is 330 g/mol. The van der Waals surface area contributed by atoms with Gasteiger partial charge >= 0.3 is 0 Å². The van der Waals surface area contributed by atoms with E-state index in [-0.39, 0.29) is 30.1 Å². The Labute approximate surface area is 139 Å². The molecule has 2 amide bonds. The van der Waals surface area contributed by atoms with Gasteiger partial charge in [0, 0.05) is 32.6 Å². The molecule has 22 heavy (non-hydrogen) atoms. The molecule has 0 radical (unpaired) electrons. The molecule has 2 heterocycles. The molecule has 2 N–H and O–H groups in total. The molecule has 0 aromatic heterocycles. The van der Waals surface area contributed by atoms with Gasteiger partial charge in [0.2, 0.25) is 11.8 Å². The first kappa shape index (κ1) is 19.0. The SMILES string of the molecule is CCCC(=O)N1CCCC(C(=O)NCC2=CCNCC2)C1.Cl. The number of hydrogen-bond acceptors (Lipinski definition) is 3. The summed E-state index contributed by atoms with van der Waals surface area (Å²) in [5.74, 6) is 0.251. The molecule has 2 rings (SSSR count). The van der Waals surface area contributed by atoms with Gasteiger partial charge in [-0.3, -0.25) is 9.59 Å². The van der Waals surface area contributed by atoms with Gasteiger partial charge in [-0.1, -0.05) is 18.6 Å². The summed E-state index contributed by atoms with van der Waals surface area (Å²) in [7, 11) is 0. The van der Waals surface area contributed by atoms with Gasteiger partial charge in [0.25, 0.3) is 0 Å². The van der Waals surface area contributed by atoms with Crippen LogP contribution in [0, 0.1) is 5.92 Å². The number of likely N-dealkylation sites (tertiary alicyclic amines) is 1. The second-order valence-electron chi connectivity index (χ2n) is 5.96. The minimum atomic E-state index is -0.0399. The van der Waals surface area contributed by atoms with Crippen molar-refractivity contribution in [3.05, 3.63) is 11.6 Å². The summed E-state index contributed by atoms with van der Waals surface area (Å²) in [6.07, 6.45) is 6.44. The summed E-state index contributed by atoms with van der Waals surface area (Å²) in [6.45, 7) is 5.95. The van der Waals surface area contributed by atoms with E-state index in [2.05, 4.69) is 16.7 Å². The van der Waals surface area contributed by atoms with Crippen molar-refractivity contribution in [3.63, 3.8) is 0 Å². The van der Waals surface area contributed by atoms with E-state index in [0.29, 0.717) is 19.5 Å². The van der Waals surface area contributed by atoms with Crippen molar-refractivity contribution < 1.29 is 9.59 Å². The van der Waals surface area contributed by atoms with E-state index in [1.54, 1.807) is 0 Å². The number of nitrogens with zero attached hydrogens (tertiary/aromatic N) is 1. The smallest absolute Gasteiger partial charge is 0.225 e. The number of rotatable bonds is 5. The number of halogens is 1. The molecular formula is C16H28ClN3O2. The van der Waals surface area contributed by atoms with E-state index >= 15 is 0 Å². The Kier molecular flexibility index (Phi) is 8.49. The lowest BCUT2D eigenvalue weighted by molar-refractivity contribution is -0.135. The Morgan fingerprint density at radius 1 is 1.45 bits per heavy atom. The van der Waals surface area contributed by atoms with E-state index < -0.39 is 0 Å². The molecule has 0 spiro atoms. The van der Waals surface area contributed by atoms with E-state index in [0.717, 1.165) is 45.3 Å². The van der Waals surface area contributed by atoms with Crippen LogP contribution in [0.1, 0.15) is 39.0 Å². The Balaban J connectivity index is 0.00000242. The predicted octanol–water partition coefficient (Wildman–Crippen LogP) is 1.48. The zero-order valence-corrected chi connectivity index (χ0v) is 14.2. The molecule has 2 aliphatic heterocycles. The number of carbonyl (C=O) groups is 2. The zero-order valence-electron chi connectivity index (χ0n) is 13.4. The van der Waals surface area contributed by atoms with E-state index in [4.69, 9.17) is 0 Å². The highest BCUT2D eigenvalue weighted by atomic mass is 35.5. The van der Waals surface area contributed by atoms with Gasteiger partial charge in [0.05, 0.1) is 5.92 Å². The minimum absolute atomic E-state index is 0. The molecular weight excluding hydrogens is 302 g/mol. The Morgan fingerprint density at radius 3 is 2.95 bits per heavy atom. The van der Waals surface area contributed by atoms with Crippen LogP contribution in [-0.4, -0.2) is 49.4 Å². The number of carbonyl (C=O) groups excluding carboxylic acids is 2. The highest BCUT2D eigenvalue weighted by Crippen LogP contribution is 2.18. The third kappa shape index (κ3) is 5.61. The van der Waals surface area contributed by atoms with Crippen LogP contribution in [0.15, 0.2) is 11.6 Å². The molecule has 1 saturated heterocycles. The second kappa shape index (κ2) is 9.85. The molecule has 1 unspecified atom stereocenters. The van der Waals surface area contributed by atoms with E-state index in [9.17, 15) is 9.59 Å². The minimum Gasteiger partial charge on any atom is -0.352 e. The molecule has 0 aromatic rings. The van der Waals surface area contributed by atoms with E-state index in [1.807, 2.05) is 11.8 Å². The van der Waals surface area contributed by atoms with E-state index in [1.165, 1.54) is 5.57 Å². The van der Waals surface area contributed by atoms with Crippen LogP contribution < -0.4 is 10.6 Å². The lowest BCUT2D eigenvalue weighted by Crippen LogP contribution is -2.45. The van der Waals surface area contributed by atoms with Crippen molar-refractivity contribution in [1.82, 2.24) is 15.5 Å². The van der Waals surface area contributed by atoms with Gasteiger partial charge in [-0.2, -0.15) is 0 Å². The fourth-order valence-corrected chi connectivity index (χ4v) is 2.96. The van der Waals surface area contributed by atoms with Gasteiger partial charge < -0.3 is 15.5 Å². The van der Waals surface area contributed by atoms with Gasteiger partial charge in [-0.25, -0.2) is 0 Å². The summed E-state index contributed by atoms with van der Waals surface area (Å²) >= 11 is 0. The largest absolute Gasteiger partial charge is 0.352 e.